The minimum Gasteiger partial charge on any atom is -0.497 e. The number of carbonyl (C=O) groups excluding carboxylic acids is 1. The summed E-state index contributed by atoms with van der Waals surface area (Å²) in [4.78, 5) is 20.2. The van der Waals surface area contributed by atoms with Crippen molar-refractivity contribution in [1.82, 2.24) is 4.90 Å². The molecule has 148 valence electrons. The van der Waals surface area contributed by atoms with Crippen molar-refractivity contribution in [2.75, 3.05) is 13.7 Å². The van der Waals surface area contributed by atoms with Gasteiger partial charge in [0.25, 0.3) is 0 Å². The highest BCUT2D eigenvalue weighted by atomic mass is 35.5. The van der Waals surface area contributed by atoms with Crippen LogP contribution in [0.25, 0.3) is 0 Å². The fraction of sp³-hybridized carbons (Fsp3) is 0.364. The predicted octanol–water partition coefficient (Wildman–Crippen LogP) is 4.53. The van der Waals surface area contributed by atoms with Gasteiger partial charge in [-0.3, -0.25) is 4.79 Å². The number of carbonyl (C=O) groups is 1. The lowest BCUT2D eigenvalue weighted by Crippen LogP contribution is -2.39. The lowest BCUT2D eigenvalue weighted by atomic mass is 10.0. The number of nitrogens with zero attached hydrogens (tertiary/aromatic N) is 2. The Labute approximate surface area is 170 Å². The van der Waals surface area contributed by atoms with Crippen molar-refractivity contribution in [1.29, 1.82) is 0 Å². The van der Waals surface area contributed by atoms with E-state index in [0.717, 1.165) is 22.6 Å². The highest BCUT2D eigenvalue weighted by molar-refractivity contribution is 6.30. The van der Waals surface area contributed by atoms with Crippen molar-refractivity contribution >= 4 is 23.2 Å². The number of oxime groups is 1. The first-order valence-corrected chi connectivity index (χ1v) is 9.74. The van der Waals surface area contributed by atoms with E-state index in [2.05, 4.69) is 5.16 Å². The fourth-order valence-electron chi connectivity index (χ4n) is 3.18. The first-order chi connectivity index (χ1) is 13.5. The first-order valence-electron chi connectivity index (χ1n) is 9.36. The maximum absolute atomic E-state index is 12.7. The molecule has 2 aromatic rings. The second-order valence-corrected chi connectivity index (χ2v) is 7.64. The summed E-state index contributed by atoms with van der Waals surface area (Å²) in [6.45, 7) is 4.78. The van der Waals surface area contributed by atoms with E-state index >= 15 is 0 Å². The SMILES string of the molecule is COc1ccc(C2=NO[C@@H](CN(Cc3cccc(Cl)c3)C(=O)C(C)C)C2)cc1. The first kappa shape index (κ1) is 20.2. The minimum absolute atomic E-state index is 0.0847. The van der Waals surface area contributed by atoms with Crippen LogP contribution in [0.15, 0.2) is 53.7 Å². The number of halogens is 1. The van der Waals surface area contributed by atoms with Crippen molar-refractivity contribution in [3.63, 3.8) is 0 Å². The van der Waals surface area contributed by atoms with E-state index < -0.39 is 0 Å². The Morgan fingerprint density at radius 1 is 1.29 bits per heavy atom. The molecule has 0 fully saturated rings. The summed E-state index contributed by atoms with van der Waals surface area (Å²) < 4.78 is 5.19. The van der Waals surface area contributed by atoms with Gasteiger partial charge in [-0.15, -0.1) is 0 Å². The molecule has 0 aliphatic carbocycles. The normalized spacial score (nSPS) is 15.9. The zero-order valence-corrected chi connectivity index (χ0v) is 17.1. The van der Waals surface area contributed by atoms with Crippen LogP contribution in [0, 0.1) is 5.92 Å². The zero-order valence-electron chi connectivity index (χ0n) is 16.4. The zero-order chi connectivity index (χ0) is 20.1. The van der Waals surface area contributed by atoms with Crippen LogP contribution in [0.3, 0.4) is 0 Å². The van der Waals surface area contributed by atoms with Crippen LogP contribution >= 0.6 is 11.6 Å². The topological polar surface area (TPSA) is 51.1 Å². The van der Waals surface area contributed by atoms with Gasteiger partial charge in [0, 0.05) is 23.9 Å². The van der Waals surface area contributed by atoms with Gasteiger partial charge in [0.05, 0.1) is 19.4 Å². The Bertz CT molecular complexity index is 849. The van der Waals surface area contributed by atoms with E-state index in [4.69, 9.17) is 21.2 Å². The van der Waals surface area contributed by atoms with E-state index in [9.17, 15) is 4.79 Å². The molecule has 0 saturated heterocycles. The largest absolute Gasteiger partial charge is 0.497 e. The monoisotopic (exact) mass is 400 g/mol. The van der Waals surface area contributed by atoms with Gasteiger partial charge in [-0.05, 0) is 47.5 Å². The molecule has 0 bridgehead atoms. The lowest BCUT2D eigenvalue weighted by molar-refractivity contribution is -0.136. The number of amides is 1. The minimum atomic E-state index is -0.168. The molecule has 1 amide bonds. The number of methoxy groups -OCH3 is 1. The van der Waals surface area contributed by atoms with Crippen LogP contribution in [0.5, 0.6) is 5.75 Å². The summed E-state index contributed by atoms with van der Waals surface area (Å²) in [5, 5.41) is 4.90. The van der Waals surface area contributed by atoms with Gasteiger partial charge in [0.2, 0.25) is 5.91 Å². The van der Waals surface area contributed by atoms with E-state index in [0.29, 0.717) is 24.5 Å². The van der Waals surface area contributed by atoms with Gasteiger partial charge < -0.3 is 14.5 Å². The summed E-state index contributed by atoms with van der Waals surface area (Å²) in [6.07, 6.45) is 0.489. The quantitative estimate of drug-likeness (QED) is 0.686. The van der Waals surface area contributed by atoms with Gasteiger partial charge >= 0.3 is 0 Å². The van der Waals surface area contributed by atoms with Crippen molar-refractivity contribution in [2.24, 2.45) is 11.1 Å². The van der Waals surface area contributed by atoms with Gasteiger partial charge in [-0.2, -0.15) is 0 Å². The maximum atomic E-state index is 12.7. The van der Waals surface area contributed by atoms with Crippen LogP contribution in [0.1, 0.15) is 31.4 Å². The van der Waals surface area contributed by atoms with E-state index in [-0.39, 0.29) is 17.9 Å². The number of rotatable bonds is 7. The van der Waals surface area contributed by atoms with Gasteiger partial charge in [0.15, 0.2) is 6.10 Å². The Balaban J connectivity index is 1.67. The molecule has 3 rings (SSSR count). The van der Waals surface area contributed by atoms with Crippen LogP contribution in [0.4, 0.5) is 0 Å². The van der Waals surface area contributed by atoms with Crippen molar-refractivity contribution in [3.8, 4) is 5.75 Å². The summed E-state index contributed by atoms with van der Waals surface area (Å²) in [5.74, 6) is 0.791. The Hall–Kier alpha value is -2.53. The average molecular weight is 401 g/mol. The molecule has 0 radical (unpaired) electrons. The van der Waals surface area contributed by atoms with Gasteiger partial charge in [0.1, 0.15) is 5.75 Å². The summed E-state index contributed by atoms with van der Waals surface area (Å²) in [6, 6.07) is 15.3. The summed E-state index contributed by atoms with van der Waals surface area (Å²) in [7, 11) is 1.64. The third-order valence-corrected chi connectivity index (χ3v) is 4.88. The number of benzene rings is 2. The predicted molar refractivity (Wildman–Crippen MR) is 111 cm³/mol. The third-order valence-electron chi connectivity index (χ3n) is 4.65. The molecular formula is C22H25ClN2O3. The Kier molecular flexibility index (Phi) is 6.57. The maximum Gasteiger partial charge on any atom is 0.225 e. The molecule has 0 aromatic heterocycles. The second-order valence-electron chi connectivity index (χ2n) is 7.20. The lowest BCUT2D eigenvalue weighted by Gasteiger charge is -2.26. The molecule has 1 atom stereocenters. The van der Waals surface area contributed by atoms with Crippen LogP contribution in [0.2, 0.25) is 5.02 Å². The van der Waals surface area contributed by atoms with Crippen molar-refractivity contribution in [2.45, 2.75) is 32.9 Å². The molecule has 1 aliphatic rings. The number of hydrogen-bond donors (Lipinski definition) is 0. The summed E-state index contributed by atoms with van der Waals surface area (Å²) >= 11 is 6.09. The molecule has 5 nitrogen and oxygen atoms in total. The number of hydrogen-bond acceptors (Lipinski definition) is 4. The average Bonchev–Trinajstić information content (AvgIpc) is 3.15. The molecule has 28 heavy (non-hydrogen) atoms. The van der Waals surface area contributed by atoms with Crippen LogP contribution in [-0.2, 0) is 16.2 Å². The van der Waals surface area contributed by atoms with E-state index in [1.807, 2.05) is 67.3 Å². The Morgan fingerprint density at radius 3 is 2.68 bits per heavy atom. The second kappa shape index (κ2) is 9.11. The molecule has 1 aliphatic heterocycles. The standard InChI is InChI=1S/C22H25ClN2O3/c1-15(2)22(26)25(13-16-5-4-6-18(23)11-16)14-20-12-21(24-28-20)17-7-9-19(27-3)10-8-17/h4-11,15,20H,12-14H2,1-3H3/t20-/m1/s1. The molecule has 1 heterocycles. The van der Waals surface area contributed by atoms with Crippen LogP contribution < -0.4 is 4.74 Å². The van der Waals surface area contributed by atoms with Crippen LogP contribution in [-0.4, -0.2) is 36.3 Å². The molecule has 0 saturated carbocycles. The van der Waals surface area contributed by atoms with Crippen molar-refractivity contribution in [3.05, 3.63) is 64.7 Å². The molecular weight excluding hydrogens is 376 g/mol. The Morgan fingerprint density at radius 2 is 2.04 bits per heavy atom. The number of ether oxygens (including phenoxy) is 1. The van der Waals surface area contributed by atoms with Gasteiger partial charge in [-0.1, -0.05) is 42.7 Å². The third kappa shape index (κ3) is 5.04. The highest BCUT2D eigenvalue weighted by Crippen LogP contribution is 2.22. The van der Waals surface area contributed by atoms with E-state index in [1.54, 1.807) is 7.11 Å². The summed E-state index contributed by atoms with van der Waals surface area (Å²) in [5.41, 5.74) is 2.88. The molecule has 6 heteroatoms. The molecule has 2 aromatic carbocycles. The van der Waals surface area contributed by atoms with Crippen molar-refractivity contribution < 1.29 is 14.4 Å². The fourth-order valence-corrected chi connectivity index (χ4v) is 3.39. The van der Waals surface area contributed by atoms with E-state index in [1.165, 1.54) is 0 Å². The van der Waals surface area contributed by atoms with Gasteiger partial charge in [-0.25, -0.2) is 0 Å². The molecule has 0 unspecified atom stereocenters. The smallest absolute Gasteiger partial charge is 0.225 e. The highest BCUT2D eigenvalue weighted by Gasteiger charge is 2.27. The molecule has 0 N–H and O–H groups in total. The molecule has 0 spiro atoms.